The van der Waals surface area contributed by atoms with Gasteiger partial charge in [0.05, 0.1) is 17.4 Å². The molecule has 1 fully saturated rings. The lowest BCUT2D eigenvalue weighted by atomic mass is 9.82. The zero-order valence-electron chi connectivity index (χ0n) is 20.9. The van der Waals surface area contributed by atoms with Crippen LogP contribution in [0.4, 0.5) is 0 Å². The van der Waals surface area contributed by atoms with Crippen LogP contribution in [0.5, 0.6) is 5.75 Å². The molecule has 0 aliphatic carbocycles. The number of carbonyl (C=O) groups is 2. The second-order valence-electron chi connectivity index (χ2n) is 10.2. The van der Waals surface area contributed by atoms with Crippen molar-refractivity contribution in [3.8, 4) is 17.1 Å². The van der Waals surface area contributed by atoms with Crippen LogP contribution in [0.1, 0.15) is 51.1 Å². The normalized spacial score (nSPS) is 16.5. The highest BCUT2D eigenvalue weighted by Crippen LogP contribution is 2.40. The van der Waals surface area contributed by atoms with Gasteiger partial charge in [0, 0.05) is 43.1 Å². The van der Waals surface area contributed by atoms with Crippen molar-refractivity contribution in [2.24, 2.45) is 0 Å². The lowest BCUT2D eigenvalue weighted by Gasteiger charge is -2.44. The summed E-state index contributed by atoms with van der Waals surface area (Å²) in [5.41, 5.74) is 3.89. The van der Waals surface area contributed by atoms with Crippen molar-refractivity contribution in [2.75, 3.05) is 13.1 Å². The molecular weight excluding hydrogens is 466 g/mol. The third-order valence-corrected chi connectivity index (χ3v) is 7.51. The topological polar surface area (TPSA) is 76.8 Å². The molecule has 3 heterocycles. The Labute approximate surface area is 214 Å². The number of hydrogen-bond donors (Lipinski definition) is 0. The Balaban J connectivity index is 1.16. The maximum Gasteiger partial charge on any atom is 0.253 e. The van der Waals surface area contributed by atoms with E-state index < -0.39 is 5.60 Å². The predicted octanol–water partition coefficient (Wildman–Crippen LogP) is 5.72. The molecule has 0 saturated carbocycles. The first-order valence-electron chi connectivity index (χ1n) is 12.6. The van der Waals surface area contributed by atoms with E-state index in [-0.39, 0.29) is 17.1 Å². The van der Waals surface area contributed by atoms with Crippen LogP contribution in [-0.4, -0.2) is 35.3 Å². The van der Waals surface area contributed by atoms with Crippen LogP contribution in [-0.2, 0) is 0 Å². The van der Waals surface area contributed by atoms with Crippen molar-refractivity contribution in [3.05, 3.63) is 99.2 Å². The standard InChI is InChI=1S/C31H27NO5/c1-19-3-9-27-23(15-19)25(33)17-29(36-27)21-5-7-22(8-6-21)30(35)32-13-11-31(12-14-32)18-26(34)24-16-20(2)4-10-28(24)37-31/h3-10,15-17H,11-14,18H2,1-2H3. The zero-order chi connectivity index (χ0) is 25.7. The third kappa shape index (κ3) is 4.22. The Morgan fingerprint density at radius 2 is 1.57 bits per heavy atom. The van der Waals surface area contributed by atoms with Crippen molar-refractivity contribution < 1.29 is 18.7 Å². The number of ketones is 1. The molecule has 3 aromatic carbocycles. The monoisotopic (exact) mass is 493 g/mol. The van der Waals surface area contributed by atoms with Gasteiger partial charge in [0.2, 0.25) is 0 Å². The Morgan fingerprint density at radius 1 is 0.865 bits per heavy atom. The van der Waals surface area contributed by atoms with Crippen molar-refractivity contribution in [1.82, 2.24) is 4.90 Å². The zero-order valence-corrected chi connectivity index (χ0v) is 20.9. The molecule has 186 valence electrons. The molecule has 0 atom stereocenters. The van der Waals surface area contributed by atoms with Crippen LogP contribution in [0.3, 0.4) is 0 Å². The van der Waals surface area contributed by atoms with Gasteiger partial charge in [0.15, 0.2) is 11.2 Å². The molecule has 2 aliphatic rings. The summed E-state index contributed by atoms with van der Waals surface area (Å²) < 4.78 is 12.3. The number of rotatable bonds is 2. The van der Waals surface area contributed by atoms with Crippen molar-refractivity contribution in [2.45, 2.75) is 38.7 Å². The average molecular weight is 494 g/mol. The Kier molecular flexibility index (Phi) is 5.48. The first-order valence-corrected chi connectivity index (χ1v) is 12.6. The van der Waals surface area contributed by atoms with Crippen LogP contribution in [0.15, 0.2) is 75.9 Å². The molecule has 1 saturated heterocycles. The van der Waals surface area contributed by atoms with E-state index in [1.165, 1.54) is 6.07 Å². The second kappa shape index (κ2) is 8.73. The van der Waals surface area contributed by atoms with Crippen LogP contribution in [0, 0.1) is 13.8 Å². The molecule has 0 radical (unpaired) electrons. The fraction of sp³-hybridized carbons (Fsp3) is 0.258. The predicted molar refractivity (Wildman–Crippen MR) is 141 cm³/mol. The van der Waals surface area contributed by atoms with Crippen molar-refractivity contribution in [3.63, 3.8) is 0 Å². The SMILES string of the molecule is Cc1ccc2c(c1)C(=O)CC1(CCN(C(=O)c3ccc(-c4cc(=O)c5cc(C)ccc5o4)cc3)CC1)O2. The van der Waals surface area contributed by atoms with Gasteiger partial charge >= 0.3 is 0 Å². The maximum atomic E-state index is 13.2. The summed E-state index contributed by atoms with van der Waals surface area (Å²) in [6, 6.07) is 19.9. The summed E-state index contributed by atoms with van der Waals surface area (Å²) >= 11 is 0. The molecule has 0 unspecified atom stereocenters. The molecule has 1 amide bonds. The quantitative estimate of drug-likeness (QED) is 0.357. The minimum atomic E-state index is -0.549. The van der Waals surface area contributed by atoms with E-state index in [1.54, 1.807) is 30.3 Å². The Hall–Kier alpha value is -4.19. The molecular formula is C31H27NO5. The molecule has 37 heavy (non-hydrogen) atoms. The van der Waals surface area contributed by atoms with Gasteiger partial charge in [-0.1, -0.05) is 35.4 Å². The van der Waals surface area contributed by atoms with E-state index >= 15 is 0 Å². The number of ether oxygens (including phenoxy) is 1. The number of carbonyl (C=O) groups excluding carboxylic acids is 2. The molecule has 6 nitrogen and oxygen atoms in total. The molecule has 1 spiro atoms. The van der Waals surface area contributed by atoms with Crippen LogP contribution in [0.25, 0.3) is 22.3 Å². The van der Waals surface area contributed by atoms with Crippen LogP contribution < -0.4 is 10.2 Å². The first kappa shape index (κ1) is 23.2. The highest BCUT2D eigenvalue weighted by Gasteiger charge is 2.43. The molecule has 1 aromatic heterocycles. The van der Waals surface area contributed by atoms with E-state index in [1.807, 2.05) is 49.1 Å². The van der Waals surface area contributed by atoms with E-state index in [0.29, 0.717) is 66.0 Å². The summed E-state index contributed by atoms with van der Waals surface area (Å²) in [6.07, 6.45) is 1.56. The maximum absolute atomic E-state index is 13.2. The van der Waals surface area contributed by atoms with Gasteiger partial charge in [-0.05, 0) is 50.2 Å². The molecule has 6 rings (SSSR count). The fourth-order valence-corrected chi connectivity index (χ4v) is 5.38. The summed E-state index contributed by atoms with van der Waals surface area (Å²) in [5.74, 6) is 1.16. The Morgan fingerprint density at radius 3 is 2.32 bits per heavy atom. The highest BCUT2D eigenvalue weighted by molar-refractivity contribution is 6.00. The van der Waals surface area contributed by atoms with Gasteiger partial charge in [-0.2, -0.15) is 0 Å². The number of fused-ring (bicyclic) bond motifs is 2. The number of hydrogen-bond acceptors (Lipinski definition) is 5. The van der Waals surface area contributed by atoms with E-state index in [9.17, 15) is 14.4 Å². The molecule has 0 N–H and O–H groups in total. The van der Waals surface area contributed by atoms with Gasteiger partial charge in [-0.25, -0.2) is 0 Å². The number of likely N-dealkylation sites (tertiary alicyclic amines) is 1. The average Bonchev–Trinajstić information content (AvgIpc) is 2.90. The molecule has 4 aromatic rings. The molecule has 2 aliphatic heterocycles. The number of amides is 1. The summed E-state index contributed by atoms with van der Waals surface area (Å²) in [4.78, 5) is 40.4. The van der Waals surface area contributed by atoms with Gasteiger partial charge < -0.3 is 14.1 Å². The smallest absolute Gasteiger partial charge is 0.253 e. The number of Topliss-reactive ketones (excluding diaryl/α,β-unsaturated/α-hetero) is 1. The van der Waals surface area contributed by atoms with E-state index in [4.69, 9.17) is 9.15 Å². The lowest BCUT2D eigenvalue weighted by Crippen LogP contribution is -2.52. The van der Waals surface area contributed by atoms with Crippen molar-refractivity contribution >= 4 is 22.7 Å². The minimum absolute atomic E-state index is 0.0602. The third-order valence-electron chi connectivity index (χ3n) is 7.51. The number of benzene rings is 3. The van der Waals surface area contributed by atoms with E-state index in [0.717, 1.165) is 16.7 Å². The number of nitrogens with zero attached hydrogens (tertiary/aromatic N) is 1. The first-order chi connectivity index (χ1) is 17.8. The Bertz CT molecular complexity index is 1610. The van der Waals surface area contributed by atoms with Crippen molar-refractivity contribution in [1.29, 1.82) is 0 Å². The van der Waals surface area contributed by atoms with Gasteiger partial charge in [0.1, 0.15) is 22.7 Å². The molecule has 6 heteroatoms. The van der Waals surface area contributed by atoms with E-state index in [2.05, 4.69) is 0 Å². The van der Waals surface area contributed by atoms with Gasteiger partial charge in [-0.3, -0.25) is 14.4 Å². The summed E-state index contributed by atoms with van der Waals surface area (Å²) in [6.45, 7) is 4.95. The van der Waals surface area contributed by atoms with Crippen LogP contribution >= 0.6 is 0 Å². The minimum Gasteiger partial charge on any atom is -0.486 e. The highest BCUT2D eigenvalue weighted by atomic mass is 16.5. The van der Waals surface area contributed by atoms with Gasteiger partial charge in [-0.15, -0.1) is 0 Å². The summed E-state index contributed by atoms with van der Waals surface area (Å²) in [7, 11) is 0. The lowest BCUT2D eigenvalue weighted by molar-refractivity contribution is -0.00572. The van der Waals surface area contributed by atoms with Gasteiger partial charge in [0.25, 0.3) is 5.91 Å². The number of aryl methyl sites for hydroxylation is 2. The number of piperidine rings is 1. The fourth-order valence-electron chi connectivity index (χ4n) is 5.38. The summed E-state index contributed by atoms with van der Waals surface area (Å²) in [5, 5.41) is 0.556. The van der Waals surface area contributed by atoms with Crippen LogP contribution in [0.2, 0.25) is 0 Å². The second-order valence-corrected chi connectivity index (χ2v) is 10.2. The molecule has 0 bridgehead atoms. The largest absolute Gasteiger partial charge is 0.486 e.